The molecule has 1 rings (SSSR count). The molecule has 0 aliphatic carbocycles. The number of amides is 2. The Bertz CT molecular complexity index is 190. The van der Waals surface area contributed by atoms with Gasteiger partial charge < -0.3 is 10.5 Å². The second kappa shape index (κ2) is 4.94. The number of ether oxygens (including phenoxy) is 1. The van der Waals surface area contributed by atoms with Gasteiger partial charge in [0.05, 0.1) is 19.8 Å². The maximum atomic E-state index is 11.1. The van der Waals surface area contributed by atoms with Crippen molar-refractivity contribution < 1.29 is 14.3 Å². The van der Waals surface area contributed by atoms with Crippen LogP contribution >= 0.6 is 0 Å². The molecule has 1 aliphatic rings. The third-order valence-corrected chi connectivity index (χ3v) is 1.88. The van der Waals surface area contributed by atoms with Crippen molar-refractivity contribution in [3.63, 3.8) is 0 Å². The standard InChI is InChI=1S/C8H14N2O3/c9-3-5-13-6-4-10-7(11)1-2-8(10)12/h1-6,9H2. The van der Waals surface area contributed by atoms with Crippen molar-refractivity contribution in [3.8, 4) is 0 Å². The van der Waals surface area contributed by atoms with E-state index in [-0.39, 0.29) is 11.8 Å². The summed E-state index contributed by atoms with van der Waals surface area (Å²) in [5, 5.41) is 0. The fourth-order valence-electron chi connectivity index (χ4n) is 1.21. The minimum absolute atomic E-state index is 0.0960. The molecule has 0 bridgehead atoms. The van der Waals surface area contributed by atoms with Crippen LogP contribution < -0.4 is 5.73 Å². The van der Waals surface area contributed by atoms with Gasteiger partial charge in [-0.25, -0.2) is 0 Å². The number of likely N-dealkylation sites (tertiary alicyclic amines) is 1. The SMILES string of the molecule is NCCOCCN1C(=O)CCC1=O. The maximum absolute atomic E-state index is 11.1. The minimum atomic E-state index is -0.0960. The lowest BCUT2D eigenvalue weighted by Gasteiger charge is -2.12. The highest BCUT2D eigenvalue weighted by molar-refractivity contribution is 6.01. The molecule has 1 saturated heterocycles. The molecule has 0 spiro atoms. The third kappa shape index (κ3) is 2.78. The van der Waals surface area contributed by atoms with Crippen molar-refractivity contribution in [2.24, 2.45) is 5.73 Å². The number of rotatable bonds is 5. The van der Waals surface area contributed by atoms with E-state index in [0.717, 1.165) is 0 Å². The van der Waals surface area contributed by atoms with Gasteiger partial charge in [0.1, 0.15) is 0 Å². The molecule has 0 atom stereocenters. The van der Waals surface area contributed by atoms with E-state index in [1.807, 2.05) is 0 Å². The average molecular weight is 186 g/mol. The molecule has 0 saturated carbocycles. The largest absolute Gasteiger partial charge is 0.378 e. The number of nitrogens with zero attached hydrogens (tertiary/aromatic N) is 1. The van der Waals surface area contributed by atoms with Gasteiger partial charge >= 0.3 is 0 Å². The smallest absolute Gasteiger partial charge is 0.229 e. The van der Waals surface area contributed by atoms with Crippen LogP contribution in [0.25, 0.3) is 0 Å². The summed E-state index contributed by atoms with van der Waals surface area (Å²) >= 11 is 0. The van der Waals surface area contributed by atoms with E-state index >= 15 is 0 Å². The van der Waals surface area contributed by atoms with Gasteiger partial charge in [0.25, 0.3) is 0 Å². The number of carbonyl (C=O) groups excluding carboxylic acids is 2. The monoisotopic (exact) mass is 186 g/mol. The molecule has 1 fully saturated rings. The lowest BCUT2D eigenvalue weighted by Crippen LogP contribution is -2.32. The first-order valence-electron chi connectivity index (χ1n) is 4.36. The Morgan fingerprint density at radius 2 is 1.85 bits per heavy atom. The molecule has 13 heavy (non-hydrogen) atoms. The van der Waals surface area contributed by atoms with Gasteiger partial charge in [-0.2, -0.15) is 0 Å². The van der Waals surface area contributed by atoms with Crippen LogP contribution in [0.5, 0.6) is 0 Å². The summed E-state index contributed by atoms with van der Waals surface area (Å²) in [6.07, 6.45) is 0.686. The van der Waals surface area contributed by atoms with Crippen molar-refractivity contribution in [1.29, 1.82) is 0 Å². The molecule has 1 aliphatic heterocycles. The van der Waals surface area contributed by atoms with Crippen LogP contribution in [0, 0.1) is 0 Å². The molecule has 0 aromatic rings. The summed E-state index contributed by atoms with van der Waals surface area (Å²) in [6.45, 7) is 1.67. The van der Waals surface area contributed by atoms with Crippen LogP contribution in [-0.4, -0.2) is 43.0 Å². The topological polar surface area (TPSA) is 72.6 Å². The number of hydrogen-bond acceptors (Lipinski definition) is 4. The Kier molecular flexibility index (Phi) is 3.85. The van der Waals surface area contributed by atoms with Gasteiger partial charge in [0, 0.05) is 19.4 Å². The van der Waals surface area contributed by atoms with Gasteiger partial charge in [-0.1, -0.05) is 0 Å². The molecule has 2 amide bonds. The van der Waals surface area contributed by atoms with Crippen LogP contribution in [0.3, 0.4) is 0 Å². The van der Waals surface area contributed by atoms with Gasteiger partial charge in [-0.05, 0) is 0 Å². The van der Waals surface area contributed by atoms with E-state index in [2.05, 4.69) is 0 Å². The average Bonchev–Trinajstić information content (AvgIpc) is 2.42. The van der Waals surface area contributed by atoms with Crippen LogP contribution in [0.4, 0.5) is 0 Å². The molecule has 2 N–H and O–H groups in total. The number of carbonyl (C=O) groups is 2. The molecule has 74 valence electrons. The van der Waals surface area contributed by atoms with Crippen LogP contribution in [-0.2, 0) is 14.3 Å². The highest BCUT2D eigenvalue weighted by atomic mass is 16.5. The summed E-state index contributed by atoms with van der Waals surface area (Å²) in [5.74, 6) is -0.192. The number of nitrogens with two attached hydrogens (primary N) is 1. The first-order valence-corrected chi connectivity index (χ1v) is 4.36. The van der Waals surface area contributed by atoms with E-state index < -0.39 is 0 Å². The number of imide groups is 1. The third-order valence-electron chi connectivity index (χ3n) is 1.88. The summed E-state index contributed by atoms with van der Waals surface area (Å²) in [5.41, 5.74) is 5.20. The van der Waals surface area contributed by atoms with Gasteiger partial charge in [0.2, 0.25) is 11.8 Å². The Hall–Kier alpha value is -0.940. The lowest BCUT2D eigenvalue weighted by atomic mass is 10.4. The van der Waals surface area contributed by atoms with E-state index in [9.17, 15) is 9.59 Å². The van der Waals surface area contributed by atoms with Crippen molar-refractivity contribution >= 4 is 11.8 Å². The fourth-order valence-corrected chi connectivity index (χ4v) is 1.21. The van der Waals surface area contributed by atoms with E-state index in [4.69, 9.17) is 10.5 Å². The molecule has 0 aromatic carbocycles. The normalized spacial score (nSPS) is 17.2. The van der Waals surface area contributed by atoms with Crippen LogP contribution in [0.15, 0.2) is 0 Å². The van der Waals surface area contributed by atoms with E-state index in [0.29, 0.717) is 39.1 Å². The Labute approximate surface area is 76.8 Å². The van der Waals surface area contributed by atoms with Crippen molar-refractivity contribution in [3.05, 3.63) is 0 Å². The summed E-state index contributed by atoms with van der Waals surface area (Å²) in [4.78, 5) is 23.4. The zero-order valence-electron chi connectivity index (χ0n) is 7.49. The zero-order chi connectivity index (χ0) is 9.68. The van der Waals surface area contributed by atoms with Crippen molar-refractivity contribution in [1.82, 2.24) is 4.90 Å². The highest BCUT2D eigenvalue weighted by Crippen LogP contribution is 2.10. The van der Waals surface area contributed by atoms with Gasteiger partial charge in [0.15, 0.2) is 0 Å². The van der Waals surface area contributed by atoms with Gasteiger partial charge in [-0.3, -0.25) is 14.5 Å². The molecule has 0 radical (unpaired) electrons. The lowest BCUT2D eigenvalue weighted by molar-refractivity contribution is -0.139. The van der Waals surface area contributed by atoms with Crippen LogP contribution in [0.2, 0.25) is 0 Å². The molecule has 5 heteroatoms. The first kappa shape index (κ1) is 10.1. The number of hydrogen-bond donors (Lipinski definition) is 1. The quantitative estimate of drug-likeness (QED) is 0.446. The summed E-state index contributed by atoms with van der Waals surface area (Å²) in [7, 11) is 0. The van der Waals surface area contributed by atoms with Crippen LogP contribution in [0.1, 0.15) is 12.8 Å². The molecule has 0 aromatic heterocycles. The zero-order valence-corrected chi connectivity index (χ0v) is 7.49. The van der Waals surface area contributed by atoms with E-state index in [1.165, 1.54) is 4.90 Å². The molecule has 0 unspecified atom stereocenters. The van der Waals surface area contributed by atoms with E-state index in [1.54, 1.807) is 0 Å². The first-order chi connectivity index (χ1) is 6.25. The Morgan fingerprint density at radius 3 is 2.38 bits per heavy atom. The summed E-state index contributed by atoms with van der Waals surface area (Å²) in [6, 6.07) is 0. The Morgan fingerprint density at radius 1 is 1.23 bits per heavy atom. The predicted octanol–water partition coefficient (Wildman–Crippen LogP) is -0.889. The van der Waals surface area contributed by atoms with Gasteiger partial charge in [-0.15, -0.1) is 0 Å². The van der Waals surface area contributed by atoms with Crippen molar-refractivity contribution in [2.45, 2.75) is 12.8 Å². The fraction of sp³-hybridized carbons (Fsp3) is 0.750. The highest BCUT2D eigenvalue weighted by Gasteiger charge is 2.27. The Balaban J connectivity index is 2.20. The molecule has 5 nitrogen and oxygen atoms in total. The molecule has 1 heterocycles. The molecular weight excluding hydrogens is 172 g/mol. The second-order valence-electron chi connectivity index (χ2n) is 2.84. The minimum Gasteiger partial charge on any atom is -0.378 e. The molecular formula is C8H14N2O3. The second-order valence-corrected chi connectivity index (χ2v) is 2.84. The maximum Gasteiger partial charge on any atom is 0.229 e. The predicted molar refractivity (Wildman–Crippen MR) is 45.8 cm³/mol. The van der Waals surface area contributed by atoms with Crippen molar-refractivity contribution in [2.75, 3.05) is 26.3 Å². The summed E-state index contributed by atoms with van der Waals surface area (Å²) < 4.78 is 5.07.